The Hall–Kier alpha value is -1.83. The second-order valence-electron chi connectivity index (χ2n) is 4.48. The maximum Gasteiger partial charge on any atom is 0.237 e. The van der Waals surface area contributed by atoms with Crippen LogP contribution in [0.25, 0.3) is 0 Å². The summed E-state index contributed by atoms with van der Waals surface area (Å²) < 4.78 is 4.85. The Labute approximate surface area is 117 Å². The molecule has 0 bridgehead atoms. The molecular formula is C13H20N2O5. The van der Waals surface area contributed by atoms with Crippen LogP contribution in [0.2, 0.25) is 0 Å². The molecule has 1 aromatic rings. The Balaban J connectivity index is 2.58. The molecule has 2 atom stereocenters. The largest absolute Gasteiger partial charge is 0.504 e. The lowest BCUT2D eigenvalue weighted by Gasteiger charge is -2.18. The zero-order chi connectivity index (χ0) is 15.1. The van der Waals surface area contributed by atoms with Gasteiger partial charge in [0.25, 0.3) is 0 Å². The molecule has 1 unspecified atom stereocenters. The van der Waals surface area contributed by atoms with Crippen molar-refractivity contribution in [2.45, 2.75) is 18.5 Å². The van der Waals surface area contributed by atoms with Crippen LogP contribution in [0.4, 0.5) is 0 Å². The van der Waals surface area contributed by atoms with Crippen molar-refractivity contribution in [3.63, 3.8) is 0 Å². The first kappa shape index (κ1) is 16.2. The fourth-order valence-electron chi connectivity index (χ4n) is 1.69. The average Bonchev–Trinajstić information content (AvgIpc) is 2.42. The summed E-state index contributed by atoms with van der Waals surface area (Å²) in [5.41, 5.74) is 6.38. The summed E-state index contributed by atoms with van der Waals surface area (Å²) in [6.45, 7) is -0.0543. The van der Waals surface area contributed by atoms with Crippen molar-refractivity contribution in [3.05, 3.63) is 23.8 Å². The molecule has 1 amide bonds. The van der Waals surface area contributed by atoms with E-state index in [0.717, 1.165) is 0 Å². The molecule has 7 nitrogen and oxygen atoms in total. The quantitative estimate of drug-likeness (QED) is 0.413. The Morgan fingerprint density at radius 3 is 2.65 bits per heavy atom. The molecule has 0 aliphatic heterocycles. The van der Waals surface area contributed by atoms with Crippen molar-refractivity contribution in [1.82, 2.24) is 5.32 Å². The number of benzene rings is 1. The standard InChI is InChI=1S/C13H20N2O5/c1-20-7-9(6-16)15-13(19)10(14)4-8-2-3-11(17)12(18)5-8/h2-3,5,9-10,16-18H,4,6-7,14H2,1H3,(H,15,19)/t9?,10-/m0/s1. The number of ether oxygens (including phenoxy) is 1. The maximum absolute atomic E-state index is 11.8. The first-order valence-electron chi connectivity index (χ1n) is 6.14. The van der Waals surface area contributed by atoms with Gasteiger partial charge in [0.15, 0.2) is 11.5 Å². The van der Waals surface area contributed by atoms with Gasteiger partial charge in [0.1, 0.15) is 0 Å². The fourth-order valence-corrected chi connectivity index (χ4v) is 1.69. The Morgan fingerprint density at radius 1 is 1.40 bits per heavy atom. The number of aromatic hydroxyl groups is 2. The normalized spacial score (nSPS) is 13.8. The summed E-state index contributed by atoms with van der Waals surface area (Å²) in [4.78, 5) is 11.8. The van der Waals surface area contributed by atoms with Gasteiger partial charge >= 0.3 is 0 Å². The van der Waals surface area contributed by atoms with E-state index in [4.69, 9.17) is 15.6 Å². The van der Waals surface area contributed by atoms with Gasteiger partial charge in [-0.05, 0) is 24.1 Å². The number of phenolic OH excluding ortho intramolecular Hbond substituents is 2. The van der Waals surface area contributed by atoms with E-state index >= 15 is 0 Å². The first-order valence-corrected chi connectivity index (χ1v) is 6.14. The van der Waals surface area contributed by atoms with E-state index in [1.54, 1.807) is 6.07 Å². The van der Waals surface area contributed by atoms with Crippen molar-refractivity contribution >= 4 is 5.91 Å². The predicted molar refractivity (Wildman–Crippen MR) is 72.3 cm³/mol. The molecule has 112 valence electrons. The number of phenols is 2. The number of methoxy groups -OCH3 is 1. The zero-order valence-electron chi connectivity index (χ0n) is 11.2. The third-order valence-electron chi connectivity index (χ3n) is 2.77. The van der Waals surface area contributed by atoms with Gasteiger partial charge in [0, 0.05) is 7.11 Å². The van der Waals surface area contributed by atoms with E-state index < -0.39 is 18.0 Å². The monoisotopic (exact) mass is 284 g/mol. The van der Waals surface area contributed by atoms with Crippen molar-refractivity contribution < 1.29 is 24.9 Å². The van der Waals surface area contributed by atoms with E-state index in [-0.39, 0.29) is 31.1 Å². The molecule has 7 heteroatoms. The Kier molecular flexibility index (Phi) is 6.23. The minimum absolute atomic E-state index is 0.189. The number of carbonyl (C=O) groups excluding carboxylic acids is 1. The lowest BCUT2D eigenvalue weighted by atomic mass is 10.1. The van der Waals surface area contributed by atoms with E-state index in [9.17, 15) is 15.0 Å². The Bertz CT molecular complexity index is 452. The van der Waals surface area contributed by atoms with E-state index in [1.807, 2.05) is 0 Å². The van der Waals surface area contributed by atoms with Crippen LogP contribution in [0.3, 0.4) is 0 Å². The molecule has 0 radical (unpaired) electrons. The van der Waals surface area contributed by atoms with Crippen molar-refractivity contribution in [1.29, 1.82) is 0 Å². The maximum atomic E-state index is 11.8. The smallest absolute Gasteiger partial charge is 0.237 e. The average molecular weight is 284 g/mol. The van der Waals surface area contributed by atoms with Gasteiger partial charge in [-0.15, -0.1) is 0 Å². The summed E-state index contributed by atoms with van der Waals surface area (Å²) in [5, 5.41) is 30.2. The highest BCUT2D eigenvalue weighted by Crippen LogP contribution is 2.25. The molecule has 0 spiro atoms. The minimum Gasteiger partial charge on any atom is -0.504 e. The van der Waals surface area contributed by atoms with Crippen LogP contribution in [-0.2, 0) is 16.0 Å². The zero-order valence-corrected chi connectivity index (χ0v) is 11.2. The van der Waals surface area contributed by atoms with Crippen LogP contribution in [-0.4, -0.2) is 53.6 Å². The molecule has 20 heavy (non-hydrogen) atoms. The predicted octanol–water partition coefficient (Wildman–Crippen LogP) is -0.909. The van der Waals surface area contributed by atoms with Gasteiger partial charge in [-0.2, -0.15) is 0 Å². The van der Waals surface area contributed by atoms with Gasteiger partial charge in [0.05, 0.1) is 25.3 Å². The summed E-state index contributed by atoms with van der Waals surface area (Å²) in [6, 6.07) is 2.91. The summed E-state index contributed by atoms with van der Waals surface area (Å²) in [5.74, 6) is -0.913. The van der Waals surface area contributed by atoms with E-state index in [0.29, 0.717) is 5.56 Å². The van der Waals surface area contributed by atoms with Gasteiger partial charge in [0.2, 0.25) is 5.91 Å². The van der Waals surface area contributed by atoms with Crippen LogP contribution < -0.4 is 11.1 Å². The number of aliphatic hydroxyl groups is 1. The molecular weight excluding hydrogens is 264 g/mol. The molecule has 0 aliphatic carbocycles. The van der Waals surface area contributed by atoms with Crippen LogP contribution in [0, 0.1) is 0 Å². The van der Waals surface area contributed by atoms with Gasteiger partial charge in [-0.1, -0.05) is 6.07 Å². The molecule has 0 aromatic heterocycles. The van der Waals surface area contributed by atoms with Crippen LogP contribution in [0.1, 0.15) is 5.56 Å². The number of nitrogens with one attached hydrogen (secondary N) is 1. The number of hydrogen-bond acceptors (Lipinski definition) is 6. The summed E-state index contributed by atoms with van der Waals surface area (Å²) in [7, 11) is 1.47. The second kappa shape index (κ2) is 7.68. The summed E-state index contributed by atoms with van der Waals surface area (Å²) in [6.07, 6.45) is 0.199. The van der Waals surface area contributed by atoms with Crippen molar-refractivity contribution in [3.8, 4) is 11.5 Å². The molecule has 0 saturated heterocycles. The summed E-state index contributed by atoms with van der Waals surface area (Å²) >= 11 is 0. The van der Waals surface area contributed by atoms with Crippen molar-refractivity contribution in [2.75, 3.05) is 20.3 Å². The van der Waals surface area contributed by atoms with Crippen LogP contribution >= 0.6 is 0 Å². The van der Waals surface area contributed by atoms with Crippen LogP contribution in [0.5, 0.6) is 11.5 Å². The number of rotatable bonds is 7. The first-order chi connectivity index (χ1) is 9.47. The third-order valence-corrected chi connectivity index (χ3v) is 2.77. The topological polar surface area (TPSA) is 125 Å². The number of aliphatic hydroxyl groups excluding tert-OH is 1. The SMILES string of the molecule is COCC(CO)NC(=O)[C@@H](N)Cc1ccc(O)c(O)c1. The molecule has 6 N–H and O–H groups in total. The highest BCUT2D eigenvalue weighted by molar-refractivity contribution is 5.82. The third kappa shape index (κ3) is 4.69. The lowest BCUT2D eigenvalue weighted by molar-refractivity contribution is -0.123. The lowest BCUT2D eigenvalue weighted by Crippen LogP contribution is -2.49. The molecule has 0 fully saturated rings. The molecule has 1 aromatic carbocycles. The van der Waals surface area contributed by atoms with E-state index in [1.165, 1.54) is 19.2 Å². The number of amides is 1. The fraction of sp³-hybridized carbons (Fsp3) is 0.462. The van der Waals surface area contributed by atoms with Gasteiger partial charge in [-0.25, -0.2) is 0 Å². The molecule has 0 saturated carbocycles. The van der Waals surface area contributed by atoms with E-state index in [2.05, 4.69) is 5.32 Å². The van der Waals surface area contributed by atoms with Crippen molar-refractivity contribution in [2.24, 2.45) is 5.73 Å². The highest BCUT2D eigenvalue weighted by Gasteiger charge is 2.18. The molecule has 0 heterocycles. The number of hydrogen-bond donors (Lipinski definition) is 5. The highest BCUT2D eigenvalue weighted by atomic mass is 16.5. The molecule has 1 rings (SSSR count). The Morgan fingerprint density at radius 2 is 2.10 bits per heavy atom. The van der Waals surface area contributed by atoms with Gasteiger partial charge in [-0.3, -0.25) is 4.79 Å². The van der Waals surface area contributed by atoms with Gasteiger partial charge < -0.3 is 31.1 Å². The number of nitrogens with two attached hydrogens (primary N) is 1. The number of carbonyl (C=O) groups is 1. The molecule has 0 aliphatic rings. The van der Waals surface area contributed by atoms with Crippen LogP contribution in [0.15, 0.2) is 18.2 Å². The second-order valence-corrected chi connectivity index (χ2v) is 4.48. The minimum atomic E-state index is -0.829.